The van der Waals surface area contributed by atoms with Gasteiger partial charge in [0, 0.05) is 55.3 Å². The van der Waals surface area contributed by atoms with Crippen LogP contribution in [-0.2, 0) is 17.8 Å². The zero-order valence-corrected chi connectivity index (χ0v) is 18.7. The van der Waals surface area contributed by atoms with E-state index in [-0.39, 0.29) is 11.7 Å². The molecular weight excluding hydrogens is 419 g/mol. The molecule has 1 aliphatic rings. The van der Waals surface area contributed by atoms with Crippen LogP contribution in [0.2, 0.25) is 0 Å². The van der Waals surface area contributed by atoms with Gasteiger partial charge in [-0.05, 0) is 54.8 Å². The molecule has 6 nitrogen and oxygen atoms in total. The van der Waals surface area contributed by atoms with Crippen molar-refractivity contribution in [1.82, 2.24) is 19.9 Å². The second-order valence-corrected chi connectivity index (χ2v) is 8.62. The largest absolute Gasteiger partial charge is 0.360 e. The number of aryl methyl sites for hydroxylation is 2. The second-order valence-electron chi connectivity index (χ2n) is 8.62. The van der Waals surface area contributed by atoms with Crippen molar-refractivity contribution in [3.63, 3.8) is 0 Å². The number of rotatable bonds is 6. The summed E-state index contributed by atoms with van der Waals surface area (Å²) in [6.45, 7) is 5.70. The molecule has 0 radical (unpaired) electrons. The van der Waals surface area contributed by atoms with Gasteiger partial charge in [-0.15, -0.1) is 0 Å². The number of nitrogens with zero attached hydrogens (tertiary/aromatic N) is 3. The van der Waals surface area contributed by atoms with Gasteiger partial charge in [-0.3, -0.25) is 9.69 Å². The summed E-state index contributed by atoms with van der Waals surface area (Å²) in [6.07, 6.45) is 1.07. The lowest BCUT2D eigenvalue weighted by atomic mass is 10.0. The van der Waals surface area contributed by atoms with Crippen LogP contribution < -0.4 is 0 Å². The van der Waals surface area contributed by atoms with Crippen molar-refractivity contribution >= 4 is 16.8 Å². The lowest BCUT2D eigenvalue weighted by Gasteiger charge is -2.34. The van der Waals surface area contributed by atoms with E-state index in [4.69, 9.17) is 4.52 Å². The molecule has 3 heterocycles. The highest BCUT2D eigenvalue weighted by molar-refractivity contribution is 5.91. The van der Waals surface area contributed by atoms with Gasteiger partial charge in [-0.1, -0.05) is 23.4 Å². The molecule has 0 atom stereocenters. The zero-order chi connectivity index (χ0) is 22.8. The Morgan fingerprint density at radius 1 is 1.09 bits per heavy atom. The Bertz CT molecular complexity index is 1250. The van der Waals surface area contributed by atoms with Crippen LogP contribution in [0.25, 0.3) is 22.2 Å². The van der Waals surface area contributed by atoms with Crippen molar-refractivity contribution in [2.45, 2.75) is 26.3 Å². The maximum atomic E-state index is 13.4. The molecule has 1 fully saturated rings. The first-order chi connectivity index (χ1) is 16.1. The fraction of sp³-hybridized carbons (Fsp3) is 0.308. The van der Waals surface area contributed by atoms with Crippen LogP contribution in [0.5, 0.6) is 0 Å². The molecule has 1 N–H and O–H groups in total. The molecule has 4 aromatic rings. The van der Waals surface area contributed by atoms with Crippen LogP contribution in [0.4, 0.5) is 4.39 Å². The summed E-state index contributed by atoms with van der Waals surface area (Å²) in [5, 5.41) is 5.05. The molecule has 2 aromatic carbocycles. The maximum absolute atomic E-state index is 13.4. The summed E-state index contributed by atoms with van der Waals surface area (Å²) in [4.78, 5) is 20.7. The van der Waals surface area contributed by atoms with Crippen LogP contribution in [0.1, 0.15) is 23.4 Å². The van der Waals surface area contributed by atoms with E-state index in [0.29, 0.717) is 25.9 Å². The number of fused-ring (bicyclic) bond motifs is 1. The molecule has 0 saturated carbocycles. The highest BCUT2D eigenvalue weighted by Gasteiger charge is 2.23. The van der Waals surface area contributed by atoms with Crippen molar-refractivity contribution in [2.24, 2.45) is 0 Å². The maximum Gasteiger partial charge on any atom is 0.222 e. The molecule has 170 valence electrons. The summed E-state index contributed by atoms with van der Waals surface area (Å²) in [5.74, 6) is 0.768. The number of nitrogens with one attached hydrogen (secondary N) is 1. The van der Waals surface area contributed by atoms with Gasteiger partial charge in [0.15, 0.2) is 5.76 Å². The number of amides is 1. The molecule has 0 unspecified atom stereocenters. The number of piperazine rings is 1. The summed E-state index contributed by atoms with van der Waals surface area (Å²) >= 11 is 0. The zero-order valence-electron chi connectivity index (χ0n) is 18.7. The third-order valence-corrected chi connectivity index (χ3v) is 6.32. The number of halogens is 1. The first kappa shape index (κ1) is 21.4. The van der Waals surface area contributed by atoms with E-state index in [1.165, 1.54) is 12.1 Å². The summed E-state index contributed by atoms with van der Waals surface area (Å²) in [5.41, 5.74) is 4.89. The minimum absolute atomic E-state index is 0.167. The molecule has 0 spiro atoms. The number of aromatic nitrogens is 2. The van der Waals surface area contributed by atoms with E-state index in [0.717, 1.165) is 58.8 Å². The predicted molar refractivity (Wildman–Crippen MR) is 125 cm³/mol. The summed E-state index contributed by atoms with van der Waals surface area (Å²) in [7, 11) is 0. The number of para-hydroxylation sites is 1. The predicted octanol–water partition coefficient (Wildman–Crippen LogP) is 4.55. The quantitative estimate of drug-likeness (QED) is 0.472. The van der Waals surface area contributed by atoms with E-state index < -0.39 is 0 Å². The fourth-order valence-corrected chi connectivity index (χ4v) is 4.58. The van der Waals surface area contributed by atoms with Gasteiger partial charge < -0.3 is 14.4 Å². The number of aromatic amines is 1. The average Bonchev–Trinajstić information content (AvgIpc) is 3.41. The van der Waals surface area contributed by atoms with Crippen molar-refractivity contribution in [3.05, 3.63) is 77.4 Å². The Kier molecular flexibility index (Phi) is 5.96. The van der Waals surface area contributed by atoms with Gasteiger partial charge in [0.1, 0.15) is 5.82 Å². The Morgan fingerprint density at radius 3 is 2.58 bits per heavy atom. The Morgan fingerprint density at radius 2 is 1.85 bits per heavy atom. The molecule has 0 aliphatic carbocycles. The van der Waals surface area contributed by atoms with E-state index in [9.17, 15) is 9.18 Å². The van der Waals surface area contributed by atoms with Crippen molar-refractivity contribution in [1.29, 1.82) is 0 Å². The van der Waals surface area contributed by atoms with Gasteiger partial charge in [-0.25, -0.2) is 4.39 Å². The molecule has 7 heteroatoms. The van der Waals surface area contributed by atoms with Gasteiger partial charge in [-0.2, -0.15) is 0 Å². The smallest absolute Gasteiger partial charge is 0.222 e. The molecule has 1 aliphatic heterocycles. The van der Waals surface area contributed by atoms with Crippen molar-refractivity contribution in [3.8, 4) is 11.3 Å². The Balaban J connectivity index is 1.25. The molecular formula is C26H27FN4O2. The van der Waals surface area contributed by atoms with Crippen molar-refractivity contribution in [2.75, 3.05) is 26.2 Å². The normalized spacial score (nSPS) is 14.8. The number of benzene rings is 2. The minimum Gasteiger partial charge on any atom is -0.360 e. The standard InChI is InChI=1S/C26H27FN4O2/c1-18-16-21(33-29-18)17-30-12-14-31(15-13-30)25(32)11-10-23-22-4-2-3-5-24(22)28-26(23)19-6-8-20(27)9-7-19/h2-9,16,28H,10-15,17H2,1H3. The second kappa shape index (κ2) is 9.19. The minimum atomic E-state index is -0.260. The van der Waals surface area contributed by atoms with Crippen LogP contribution in [0.3, 0.4) is 0 Å². The van der Waals surface area contributed by atoms with Gasteiger partial charge in [0.2, 0.25) is 5.91 Å². The molecule has 2 aromatic heterocycles. The molecule has 33 heavy (non-hydrogen) atoms. The summed E-state index contributed by atoms with van der Waals surface area (Å²) in [6, 6.07) is 16.5. The third-order valence-electron chi connectivity index (χ3n) is 6.32. The monoisotopic (exact) mass is 446 g/mol. The van der Waals surface area contributed by atoms with Gasteiger partial charge in [0.05, 0.1) is 12.2 Å². The van der Waals surface area contributed by atoms with Crippen LogP contribution in [0, 0.1) is 12.7 Å². The van der Waals surface area contributed by atoms with E-state index in [2.05, 4.69) is 21.1 Å². The number of hydrogen-bond acceptors (Lipinski definition) is 4. The topological polar surface area (TPSA) is 65.4 Å². The number of hydrogen-bond donors (Lipinski definition) is 1. The third kappa shape index (κ3) is 4.68. The van der Waals surface area contributed by atoms with Crippen LogP contribution in [0.15, 0.2) is 59.1 Å². The SMILES string of the molecule is Cc1cc(CN2CCN(C(=O)CCc3c(-c4ccc(F)cc4)[nH]c4ccccc34)CC2)on1. The van der Waals surface area contributed by atoms with Crippen molar-refractivity contribution < 1.29 is 13.7 Å². The Labute approximate surface area is 192 Å². The number of carbonyl (C=O) groups is 1. The average molecular weight is 447 g/mol. The lowest BCUT2D eigenvalue weighted by molar-refractivity contribution is -0.133. The van der Waals surface area contributed by atoms with Crippen LogP contribution in [-0.4, -0.2) is 52.0 Å². The molecule has 1 amide bonds. The van der Waals surface area contributed by atoms with Gasteiger partial charge in [0.25, 0.3) is 0 Å². The molecule has 0 bridgehead atoms. The lowest BCUT2D eigenvalue weighted by Crippen LogP contribution is -2.48. The highest BCUT2D eigenvalue weighted by Crippen LogP contribution is 2.31. The van der Waals surface area contributed by atoms with E-state index in [1.54, 1.807) is 12.1 Å². The molecule has 5 rings (SSSR count). The fourth-order valence-electron chi connectivity index (χ4n) is 4.58. The van der Waals surface area contributed by atoms with E-state index in [1.807, 2.05) is 36.1 Å². The Hall–Kier alpha value is -3.45. The highest BCUT2D eigenvalue weighted by atomic mass is 19.1. The van der Waals surface area contributed by atoms with Gasteiger partial charge >= 0.3 is 0 Å². The first-order valence-corrected chi connectivity index (χ1v) is 11.3. The van der Waals surface area contributed by atoms with E-state index >= 15 is 0 Å². The summed E-state index contributed by atoms with van der Waals surface area (Å²) < 4.78 is 18.8. The van der Waals surface area contributed by atoms with Crippen LogP contribution >= 0.6 is 0 Å². The number of H-pyrrole nitrogens is 1. The first-order valence-electron chi connectivity index (χ1n) is 11.3. The number of carbonyl (C=O) groups excluding carboxylic acids is 1. The molecule has 1 saturated heterocycles.